The van der Waals surface area contributed by atoms with E-state index in [1.807, 2.05) is 0 Å². The van der Waals surface area contributed by atoms with Crippen LogP contribution in [0.1, 0.15) is 6.42 Å². The molecule has 2 N–H and O–H groups in total. The third-order valence-electron chi connectivity index (χ3n) is 1.18. The van der Waals surface area contributed by atoms with Gasteiger partial charge in [0.25, 0.3) is 0 Å². The summed E-state index contributed by atoms with van der Waals surface area (Å²) in [5, 5.41) is 10.4. The number of amides is 1. The molecule has 0 radical (unpaired) electrons. The summed E-state index contributed by atoms with van der Waals surface area (Å²) in [6, 6.07) is 0. The summed E-state index contributed by atoms with van der Waals surface area (Å²) < 4.78 is 9.65. The Hall–Kier alpha value is -0.810. The first-order valence-electron chi connectivity index (χ1n) is 3.23. The molecule has 5 heteroatoms. The molecule has 0 aromatic rings. The maximum absolute atomic E-state index is 9.96. The normalized spacial score (nSPS) is 10.1. The predicted octanol–water partition coefficient (Wildman–Crippen LogP) is 0.263. The Bertz CT molecular complexity index is 113. The maximum atomic E-state index is 9.96. The molecule has 0 bridgehead atoms. The van der Waals surface area contributed by atoms with Crippen LogP contribution >= 0.6 is 0 Å². The van der Waals surface area contributed by atoms with Crippen LogP contribution in [0.3, 0.4) is 0 Å². The number of rotatable bonds is 5. The SMILES string of the molecule is COC(CCNC(=O)O)OC. The van der Waals surface area contributed by atoms with E-state index in [0.717, 1.165) is 0 Å². The van der Waals surface area contributed by atoms with E-state index >= 15 is 0 Å². The molecule has 0 aromatic carbocycles. The zero-order valence-electron chi connectivity index (χ0n) is 6.66. The average molecular weight is 163 g/mol. The van der Waals surface area contributed by atoms with E-state index in [4.69, 9.17) is 14.6 Å². The highest BCUT2D eigenvalue weighted by molar-refractivity contribution is 5.64. The number of ether oxygens (including phenoxy) is 2. The molecular weight excluding hydrogens is 150 g/mol. The molecule has 0 fully saturated rings. The predicted molar refractivity (Wildman–Crippen MR) is 38.5 cm³/mol. The lowest BCUT2D eigenvalue weighted by Crippen LogP contribution is -2.26. The summed E-state index contributed by atoms with van der Waals surface area (Å²) in [4.78, 5) is 9.96. The van der Waals surface area contributed by atoms with Crippen molar-refractivity contribution in [3.05, 3.63) is 0 Å². The van der Waals surface area contributed by atoms with Crippen LogP contribution in [-0.2, 0) is 9.47 Å². The number of hydrogen-bond acceptors (Lipinski definition) is 3. The van der Waals surface area contributed by atoms with Gasteiger partial charge < -0.3 is 19.9 Å². The van der Waals surface area contributed by atoms with Gasteiger partial charge in [0.1, 0.15) is 0 Å². The molecule has 5 nitrogen and oxygen atoms in total. The number of nitrogens with one attached hydrogen (secondary N) is 1. The fourth-order valence-electron chi connectivity index (χ4n) is 0.629. The molecule has 0 unspecified atom stereocenters. The first kappa shape index (κ1) is 10.2. The van der Waals surface area contributed by atoms with Crippen LogP contribution in [0.5, 0.6) is 0 Å². The van der Waals surface area contributed by atoms with Crippen LogP contribution < -0.4 is 5.32 Å². The highest BCUT2D eigenvalue weighted by Gasteiger charge is 2.04. The highest BCUT2D eigenvalue weighted by Crippen LogP contribution is 1.94. The van der Waals surface area contributed by atoms with Gasteiger partial charge in [-0.15, -0.1) is 0 Å². The summed E-state index contributed by atoms with van der Waals surface area (Å²) in [6.07, 6.45) is -0.850. The Morgan fingerprint density at radius 3 is 2.45 bits per heavy atom. The van der Waals surface area contributed by atoms with E-state index < -0.39 is 6.09 Å². The smallest absolute Gasteiger partial charge is 0.404 e. The number of methoxy groups -OCH3 is 2. The van der Waals surface area contributed by atoms with Crippen molar-refractivity contribution in [2.75, 3.05) is 20.8 Å². The van der Waals surface area contributed by atoms with Crippen molar-refractivity contribution in [3.8, 4) is 0 Å². The lowest BCUT2D eigenvalue weighted by atomic mass is 10.4. The Morgan fingerprint density at radius 2 is 2.09 bits per heavy atom. The van der Waals surface area contributed by atoms with Crippen LogP contribution in [0.4, 0.5) is 4.79 Å². The van der Waals surface area contributed by atoms with Gasteiger partial charge >= 0.3 is 6.09 Å². The fourth-order valence-corrected chi connectivity index (χ4v) is 0.629. The first-order valence-corrected chi connectivity index (χ1v) is 3.23. The minimum atomic E-state index is -1.03. The maximum Gasteiger partial charge on any atom is 0.404 e. The molecule has 0 saturated carbocycles. The molecule has 0 aliphatic rings. The molecule has 1 amide bonds. The van der Waals surface area contributed by atoms with Gasteiger partial charge in [-0.1, -0.05) is 0 Å². The van der Waals surface area contributed by atoms with Crippen molar-refractivity contribution < 1.29 is 19.4 Å². The Morgan fingerprint density at radius 1 is 1.55 bits per heavy atom. The Kier molecular flexibility index (Phi) is 5.50. The van der Waals surface area contributed by atoms with Gasteiger partial charge in [-0.3, -0.25) is 0 Å². The molecule has 0 aromatic heterocycles. The number of carboxylic acid groups (broad SMARTS) is 1. The summed E-state index contributed by atoms with van der Waals surface area (Å²) in [5.41, 5.74) is 0. The van der Waals surface area contributed by atoms with Crippen LogP contribution in [0, 0.1) is 0 Å². The van der Waals surface area contributed by atoms with Gasteiger partial charge in [0.15, 0.2) is 6.29 Å². The zero-order valence-corrected chi connectivity index (χ0v) is 6.66. The number of carbonyl (C=O) groups is 1. The minimum Gasteiger partial charge on any atom is -0.465 e. The van der Waals surface area contributed by atoms with Gasteiger partial charge in [0, 0.05) is 27.2 Å². The molecule has 0 aliphatic carbocycles. The first-order chi connectivity index (χ1) is 5.20. The lowest BCUT2D eigenvalue weighted by molar-refractivity contribution is -0.105. The lowest BCUT2D eigenvalue weighted by Gasteiger charge is -2.12. The van der Waals surface area contributed by atoms with E-state index in [1.54, 1.807) is 0 Å². The zero-order chi connectivity index (χ0) is 8.69. The standard InChI is InChI=1S/C6H13NO4/c1-10-5(11-2)3-4-7-6(8)9/h5,7H,3-4H2,1-2H3,(H,8,9). The summed E-state index contributed by atoms with van der Waals surface area (Å²) in [6.45, 7) is 0.335. The largest absolute Gasteiger partial charge is 0.465 e. The molecule has 66 valence electrons. The van der Waals surface area contributed by atoms with Gasteiger partial charge in [0.2, 0.25) is 0 Å². The van der Waals surface area contributed by atoms with Crippen molar-refractivity contribution in [1.82, 2.24) is 5.32 Å². The summed E-state index contributed by atoms with van der Waals surface area (Å²) >= 11 is 0. The van der Waals surface area contributed by atoms with Crippen molar-refractivity contribution in [2.24, 2.45) is 0 Å². The molecule has 0 heterocycles. The summed E-state index contributed by atoms with van der Waals surface area (Å²) in [5.74, 6) is 0. The quantitative estimate of drug-likeness (QED) is 0.570. The van der Waals surface area contributed by atoms with Crippen LogP contribution in [0.2, 0.25) is 0 Å². The van der Waals surface area contributed by atoms with Crippen molar-refractivity contribution in [2.45, 2.75) is 12.7 Å². The Labute approximate surface area is 65.3 Å². The molecule has 0 spiro atoms. The van der Waals surface area contributed by atoms with E-state index in [2.05, 4.69) is 5.32 Å². The third kappa shape index (κ3) is 5.63. The topological polar surface area (TPSA) is 67.8 Å². The van der Waals surface area contributed by atoms with Gasteiger partial charge in [-0.2, -0.15) is 0 Å². The van der Waals surface area contributed by atoms with E-state index in [9.17, 15) is 4.79 Å². The molecule has 0 rings (SSSR count). The van der Waals surface area contributed by atoms with Crippen molar-refractivity contribution in [3.63, 3.8) is 0 Å². The second-order valence-electron chi connectivity index (χ2n) is 1.92. The van der Waals surface area contributed by atoms with E-state index in [1.165, 1.54) is 14.2 Å². The monoisotopic (exact) mass is 163 g/mol. The third-order valence-corrected chi connectivity index (χ3v) is 1.18. The Balaban J connectivity index is 3.28. The average Bonchev–Trinajstić information content (AvgIpc) is 1.98. The second-order valence-corrected chi connectivity index (χ2v) is 1.92. The van der Waals surface area contributed by atoms with E-state index in [0.29, 0.717) is 13.0 Å². The van der Waals surface area contributed by atoms with Crippen LogP contribution in [-0.4, -0.2) is 38.3 Å². The van der Waals surface area contributed by atoms with Gasteiger partial charge in [0.05, 0.1) is 0 Å². The van der Waals surface area contributed by atoms with Gasteiger partial charge in [-0.05, 0) is 0 Å². The minimum absolute atomic E-state index is 0.332. The molecule has 11 heavy (non-hydrogen) atoms. The van der Waals surface area contributed by atoms with Crippen LogP contribution in [0.25, 0.3) is 0 Å². The molecule has 0 atom stereocenters. The number of hydrogen-bond donors (Lipinski definition) is 2. The van der Waals surface area contributed by atoms with Gasteiger partial charge in [-0.25, -0.2) is 4.79 Å². The van der Waals surface area contributed by atoms with Crippen LogP contribution in [0.15, 0.2) is 0 Å². The molecule has 0 aliphatic heterocycles. The van der Waals surface area contributed by atoms with Crippen molar-refractivity contribution >= 4 is 6.09 Å². The van der Waals surface area contributed by atoms with E-state index in [-0.39, 0.29) is 6.29 Å². The molecule has 0 saturated heterocycles. The summed E-state index contributed by atoms with van der Waals surface area (Å²) in [7, 11) is 3.02. The van der Waals surface area contributed by atoms with Crippen molar-refractivity contribution in [1.29, 1.82) is 0 Å². The molecular formula is C6H13NO4. The second kappa shape index (κ2) is 5.94. The fraction of sp³-hybridized carbons (Fsp3) is 0.833. The highest BCUT2D eigenvalue weighted by atomic mass is 16.7.